The molecule has 0 N–H and O–H groups in total. The summed E-state index contributed by atoms with van der Waals surface area (Å²) in [6, 6.07) is 21.5. The highest BCUT2D eigenvalue weighted by Gasteiger charge is 2.50. The van der Waals surface area contributed by atoms with Gasteiger partial charge in [0.2, 0.25) is 0 Å². The van der Waals surface area contributed by atoms with Crippen molar-refractivity contribution in [2.45, 2.75) is 32.2 Å². The summed E-state index contributed by atoms with van der Waals surface area (Å²) in [5.74, 6) is 1.98. The SMILES string of the molecule is COC1=CC(CO[Si](c2ccccc2)(c2ccccc2)C(C)(C)C)C=C(OC)C1. The molecule has 3 nitrogen and oxygen atoms in total. The van der Waals surface area contributed by atoms with Gasteiger partial charge in [0.1, 0.15) is 0 Å². The summed E-state index contributed by atoms with van der Waals surface area (Å²) in [7, 11) is 0.888. The van der Waals surface area contributed by atoms with Gasteiger partial charge in [0.15, 0.2) is 0 Å². The van der Waals surface area contributed by atoms with E-state index < -0.39 is 8.32 Å². The number of rotatable bonds is 7. The molecule has 0 fully saturated rings. The Hall–Kier alpha value is -2.30. The Morgan fingerprint density at radius 1 is 0.793 bits per heavy atom. The zero-order valence-corrected chi connectivity index (χ0v) is 19.1. The van der Waals surface area contributed by atoms with E-state index in [1.807, 2.05) is 0 Å². The minimum atomic E-state index is -2.54. The molecule has 2 aromatic carbocycles. The van der Waals surface area contributed by atoms with Gasteiger partial charge in [-0.25, -0.2) is 0 Å². The lowest BCUT2D eigenvalue weighted by molar-refractivity contribution is 0.216. The first-order chi connectivity index (χ1) is 13.9. The zero-order valence-electron chi connectivity index (χ0n) is 18.1. The highest BCUT2D eigenvalue weighted by molar-refractivity contribution is 6.99. The van der Waals surface area contributed by atoms with Crippen molar-refractivity contribution in [3.8, 4) is 0 Å². The molecule has 0 atom stereocenters. The van der Waals surface area contributed by atoms with Crippen LogP contribution in [-0.2, 0) is 13.9 Å². The standard InChI is InChI=1S/C25H32O3Si/c1-25(2,3)29(23-12-8-6-9-13-23,24-14-10-7-11-15-24)28-19-20-16-21(26-4)18-22(17-20)27-5/h6-17,20H,18-19H2,1-5H3. The largest absolute Gasteiger partial charge is 0.501 e. The third-order valence-corrected chi connectivity index (χ3v) is 10.6. The molecule has 0 aliphatic heterocycles. The molecule has 0 spiro atoms. The maximum absolute atomic E-state index is 7.03. The van der Waals surface area contributed by atoms with Crippen molar-refractivity contribution < 1.29 is 13.9 Å². The first kappa shape index (κ1) is 21.4. The zero-order chi connectivity index (χ0) is 20.9. The lowest BCUT2D eigenvalue weighted by atomic mass is 10.0. The van der Waals surface area contributed by atoms with E-state index in [0.29, 0.717) is 13.0 Å². The molecule has 3 rings (SSSR count). The maximum atomic E-state index is 7.03. The van der Waals surface area contributed by atoms with Gasteiger partial charge in [-0.15, -0.1) is 0 Å². The smallest absolute Gasteiger partial charge is 0.261 e. The van der Waals surface area contributed by atoms with E-state index in [2.05, 4.69) is 93.6 Å². The topological polar surface area (TPSA) is 27.7 Å². The summed E-state index contributed by atoms with van der Waals surface area (Å²) in [6.07, 6.45) is 5.00. The number of hydrogen-bond donors (Lipinski definition) is 0. The first-order valence-electron chi connectivity index (χ1n) is 10.1. The summed E-state index contributed by atoms with van der Waals surface area (Å²) in [6.45, 7) is 7.49. The molecule has 0 radical (unpaired) electrons. The average Bonchev–Trinajstić information content (AvgIpc) is 2.74. The molecule has 29 heavy (non-hydrogen) atoms. The second-order valence-electron chi connectivity index (χ2n) is 8.49. The number of methoxy groups -OCH3 is 2. The van der Waals surface area contributed by atoms with Gasteiger partial charge in [-0.05, 0) is 27.6 Å². The number of hydrogen-bond acceptors (Lipinski definition) is 3. The van der Waals surface area contributed by atoms with Crippen molar-refractivity contribution in [1.29, 1.82) is 0 Å². The molecule has 4 heteroatoms. The fourth-order valence-electron chi connectivity index (χ4n) is 4.17. The van der Waals surface area contributed by atoms with E-state index in [0.717, 1.165) is 11.5 Å². The molecule has 0 aromatic heterocycles. The number of ether oxygens (including phenoxy) is 2. The quantitative estimate of drug-likeness (QED) is 0.625. The van der Waals surface area contributed by atoms with Crippen LogP contribution in [0.5, 0.6) is 0 Å². The predicted octanol–water partition coefficient (Wildman–Crippen LogP) is 4.64. The van der Waals surface area contributed by atoms with Crippen LogP contribution in [0.1, 0.15) is 27.2 Å². The van der Waals surface area contributed by atoms with Gasteiger partial charge in [-0.1, -0.05) is 81.4 Å². The minimum absolute atomic E-state index is 0.0357. The normalized spacial score (nSPS) is 15.5. The molecule has 1 aliphatic rings. The molecule has 0 saturated heterocycles. The molecule has 0 saturated carbocycles. The molecule has 0 bridgehead atoms. The van der Waals surface area contributed by atoms with Gasteiger partial charge in [0, 0.05) is 12.5 Å². The Balaban J connectivity index is 2.03. The molecule has 1 aliphatic carbocycles. The van der Waals surface area contributed by atoms with Gasteiger partial charge in [0.25, 0.3) is 8.32 Å². The van der Waals surface area contributed by atoms with Crippen LogP contribution >= 0.6 is 0 Å². The summed E-state index contributed by atoms with van der Waals surface area (Å²) in [5, 5.41) is 2.55. The summed E-state index contributed by atoms with van der Waals surface area (Å²) in [4.78, 5) is 0. The highest BCUT2D eigenvalue weighted by Crippen LogP contribution is 2.37. The van der Waals surface area contributed by atoms with Gasteiger partial charge >= 0.3 is 0 Å². The molecule has 0 heterocycles. The Bertz CT molecular complexity index is 791. The van der Waals surface area contributed by atoms with E-state index in [1.165, 1.54) is 10.4 Å². The molecule has 154 valence electrons. The Morgan fingerprint density at radius 3 is 1.62 bits per heavy atom. The first-order valence-corrected chi connectivity index (χ1v) is 12.1. The molecular formula is C25H32O3Si. The lowest BCUT2D eigenvalue weighted by Crippen LogP contribution is -2.66. The summed E-state index contributed by atoms with van der Waals surface area (Å²) >= 11 is 0. The van der Waals surface area contributed by atoms with Crippen molar-refractivity contribution in [3.63, 3.8) is 0 Å². The second kappa shape index (κ2) is 9.01. The van der Waals surface area contributed by atoms with Crippen LogP contribution in [0.4, 0.5) is 0 Å². The van der Waals surface area contributed by atoms with Crippen LogP contribution in [0.2, 0.25) is 5.04 Å². The number of benzene rings is 2. The van der Waals surface area contributed by atoms with Crippen molar-refractivity contribution >= 4 is 18.7 Å². The van der Waals surface area contributed by atoms with E-state index in [9.17, 15) is 0 Å². The van der Waals surface area contributed by atoms with Crippen LogP contribution in [0, 0.1) is 5.92 Å². The Labute approximate surface area is 176 Å². The second-order valence-corrected chi connectivity index (χ2v) is 12.8. The summed E-state index contributed by atoms with van der Waals surface area (Å²) in [5.41, 5.74) is 0. The van der Waals surface area contributed by atoms with Crippen LogP contribution in [0.15, 0.2) is 84.3 Å². The monoisotopic (exact) mass is 408 g/mol. The van der Waals surface area contributed by atoms with Crippen molar-refractivity contribution in [3.05, 3.63) is 84.3 Å². The Morgan fingerprint density at radius 2 is 1.24 bits per heavy atom. The predicted molar refractivity (Wildman–Crippen MR) is 122 cm³/mol. The Kier molecular flexibility index (Phi) is 6.65. The van der Waals surface area contributed by atoms with E-state index >= 15 is 0 Å². The van der Waals surface area contributed by atoms with Crippen molar-refractivity contribution in [2.75, 3.05) is 20.8 Å². The van der Waals surface area contributed by atoms with Gasteiger partial charge in [-0.2, -0.15) is 0 Å². The highest BCUT2D eigenvalue weighted by atomic mass is 28.4. The van der Waals surface area contributed by atoms with Gasteiger partial charge in [-0.3, -0.25) is 0 Å². The maximum Gasteiger partial charge on any atom is 0.261 e. The van der Waals surface area contributed by atoms with E-state index in [4.69, 9.17) is 13.9 Å². The third-order valence-electron chi connectivity index (χ3n) is 5.58. The third kappa shape index (κ3) is 4.49. The van der Waals surface area contributed by atoms with Crippen molar-refractivity contribution in [1.82, 2.24) is 0 Å². The minimum Gasteiger partial charge on any atom is -0.501 e. The van der Waals surface area contributed by atoms with Crippen LogP contribution in [0.25, 0.3) is 0 Å². The van der Waals surface area contributed by atoms with Crippen LogP contribution in [0.3, 0.4) is 0 Å². The fraction of sp³-hybridized carbons (Fsp3) is 0.360. The van der Waals surface area contributed by atoms with Crippen LogP contribution in [-0.4, -0.2) is 29.1 Å². The van der Waals surface area contributed by atoms with E-state index in [-0.39, 0.29) is 11.0 Å². The molecule has 0 amide bonds. The summed E-state index contributed by atoms with van der Waals surface area (Å²) < 4.78 is 18.1. The van der Waals surface area contributed by atoms with Gasteiger partial charge in [0.05, 0.1) is 32.2 Å². The van der Waals surface area contributed by atoms with E-state index in [1.54, 1.807) is 14.2 Å². The average molecular weight is 409 g/mol. The molecular weight excluding hydrogens is 376 g/mol. The lowest BCUT2D eigenvalue weighted by Gasteiger charge is -2.43. The fourth-order valence-corrected chi connectivity index (χ4v) is 8.77. The van der Waals surface area contributed by atoms with Crippen LogP contribution < -0.4 is 10.4 Å². The molecule has 2 aromatic rings. The molecule has 0 unspecified atom stereocenters. The van der Waals surface area contributed by atoms with Gasteiger partial charge < -0.3 is 13.9 Å². The van der Waals surface area contributed by atoms with Crippen molar-refractivity contribution in [2.24, 2.45) is 5.92 Å².